The SMILES string of the molecule is CC(C)(C)c1cc(NC(=O)CC(=O)O)no1.CC(C)(C)c1cc(NC(=O)CC(=O)O)no1.CNC(=O)c1cc(Oc2ccc(N)cc2)ccn1.CNC(=O)c1cc(Oc2ccc(NC(=O)CC(=O)Nc3cc(C(C)(C)C)on3)cc2)ccn1.CNC(=O)c1cc(Oc2cccc(N)c2)ccn1.CNC(=O)c1cc(Oc2cccc(NC(=O)CC(=O)Nc3cc(C(C)(C)C)on3)c2)ccn1. The zero-order valence-corrected chi connectivity index (χ0v) is 76.1. The second kappa shape index (κ2) is 48.8. The van der Waals surface area contributed by atoms with Crippen LogP contribution < -0.4 is 83.6 Å². The lowest BCUT2D eigenvalue weighted by atomic mass is 9.93. The zero-order valence-electron chi connectivity index (χ0n) is 76.1. The van der Waals surface area contributed by atoms with Crippen LogP contribution in [0.1, 0.15) is 174 Å². The van der Waals surface area contributed by atoms with Gasteiger partial charge in [-0.25, -0.2) is 0 Å². The highest BCUT2D eigenvalue weighted by molar-refractivity contribution is 6.09. The van der Waals surface area contributed by atoms with Crippen molar-refractivity contribution in [3.63, 3.8) is 0 Å². The first-order valence-electron chi connectivity index (χ1n) is 40.7. The van der Waals surface area contributed by atoms with Crippen LogP contribution >= 0.6 is 0 Å². The molecule has 0 aliphatic rings. The number of benzene rings is 4. The molecule has 0 saturated heterocycles. The molecule has 4 aromatic carbocycles. The molecule has 0 aliphatic heterocycles. The fraction of sp³-hybridized carbons (Fsp3) is 0.261. The van der Waals surface area contributed by atoms with Gasteiger partial charge in [0.05, 0.1) is 0 Å². The zero-order chi connectivity index (χ0) is 98.6. The number of rotatable bonds is 26. The van der Waals surface area contributed by atoms with Gasteiger partial charge in [-0.3, -0.25) is 77.5 Å². The summed E-state index contributed by atoms with van der Waals surface area (Å²) in [7, 11) is 6.14. The first kappa shape index (κ1) is 104. The highest BCUT2D eigenvalue weighted by atomic mass is 16.5. The minimum atomic E-state index is -1.18. The molecule has 8 aromatic heterocycles. The molecule has 42 heteroatoms. The van der Waals surface area contributed by atoms with E-state index in [0.29, 0.717) is 103 Å². The Kier molecular flexibility index (Phi) is 37.8. The van der Waals surface area contributed by atoms with Gasteiger partial charge in [0.25, 0.3) is 23.6 Å². The summed E-state index contributed by atoms with van der Waals surface area (Å²) in [4.78, 5) is 154. The van der Waals surface area contributed by atoms with Crippen molar-refractivity contribution < 1.29 is 105 Å². The number of amides is 10. The summed E-state index contributed by atoms with van der Waals surface area (Å²) >= 11 is 0. The van der Waals surface area contributed by atoms with E-state index < -0.39 is 66.6 Å². The van der Waals surface area contributed by atoms with Crippen LogP contribution in [0, 0.1) is 0 Å². The van der Waals surface area contributed by atoms with Gasteiger partial charge in [0, 0.05) is 158 Å². The molecule has 16 N–H and O–H groups in total. The number of hydrogen-bond donors (Lipinski definition) is 14. The standard InChI is InChI=1S/2C23H25N5O5.2C13H13N3O2.2C10H14N2O4/c1-23(2,3)18-12-19(28-33-18)27-21(30)13-20(29)26-14-5-7-15(8-6-14)32-16-9-10-25-17(11-16)22(31)24-4;1-23(2,3)18-12-19(28-33-18)27-21(30)13-20(29)26-14-6-5-7-15(10-14)32-16-8-9-25-17(11-16)22(31)24-4;1-15-13(17)12-8-11(6-7-16-12)18-10-4-2-9(14)3-5-10;1-15-13(17)12-8-11(5-6-16-12)18-10-4-2-3-9(14)7-10;2*1-10(2,3)6-4-7(12-16-6)11-8(13)5-9(14)15/h2*5-12H,13H2,1-4H3,(H,24,31)(H,26,29)(H,27,28,30);2*2-8H,14H2,1H3,(H,15,17);2*4H,5H2,1-3H3,(H,14,15)(H,11,12,13). The van der Waals surface area contributed by atoms with E-state index in [1.165, 1.54) is 51.0 Å². The highest BCUT2D eigenvalue weighted by Crippen LogP contribution is 2.32. The number of carboxylic acid groups (broad SMARTS) is 2. The predicted octanol–water partition coefficient (Wildman–Crippen LogP) is 13.4. The Hall–Kier alpha value is -17.2. The average Bonchev–Trinajstić information content (AvgIpc) is 1.64. The quantitative estimate of drug-likeness (QED) is 0.0177. The summed E-state index contributed by atoms with van der Waals surface area (Å²) in [5.74, 6) is 0.820. The van der Waals surface area contributed by atoms with E-state index >= 15 is 0 Å². The van der Waals surface area contributed by atoms with Crippen LogP contribution in [-0.2, 0) is 60.0 Å². The normalized spacial score (nSPS) is 10.7. The summed E-state index contributed by atoms with van der Waals surface area (Å²) in [5, 5.41) is 56.7. The predicted molar refractivity (Wildman–Crippen MR) is 492 cm³/mol. The average molecular weight is 1840 g/mol. The van der Waals surface area contributed by atoms with Gasteiger partial charge in [0.15, 0.2) is 23.3 Å². The van der Waals surface area contributed by atoms with Crippen LogP contribution in [0.4, 0.5) is 46.0 Å². The smallest absolute Gasteiger partial charge is 0.312 e. The van der Waals surface area contributed by atoms with E-state index in [1.807, 2.05) is 83.1 Å². The Balaban J connectivity index is 0.000000226. The molecule has 0 atom stereocenters. The van der Waals surface area contributed by atoms with Crippen molar-refractivity contribution in [1.29, 1.82) is 0 Å². The molecule has 42 nitrogen and oxygen atoms in total. The van der Waals surface area contributed by atoms with Crippen LogP contribution in [0.25, 0.3) is 0 Å². The van der Waals surface area contributed by atoms with Crippen LogP contribution in [-0.4, -0.2) is 150 Å². The maximum absolute atomic E-state index is 12.3. The van der Waals surface area contributed by atoms with Crippen LogP contribution in [0.15, 0.2) is 213 Å². The van der Waals surface area contributed by atoms with Gasteiger partial charge in [-0.1, -0.05) is 116 Å². The molecular weight excluding hydrogens is 1740 g/mol. The molecule has 134 heavy (non-hydrogen) atoms. The van der Waals surface area contributed by atoms with Crippen molar-refractivity contribution in [2.45, 2.75) is 130 Å². The fourth-order valence-corrected chi connectivity index (χ4v) is 10.3. The number of nitrogen functional groups attached to an aromatic ring is 2. The van der Waals surface area contributed by atoms with Gasteiger partial charge in [-0.05, 0) is 97.1 Å². The lowest BCUT2D eigenvalue weighted by molar-refractivity contribution is -0.141. The largest absolute Gasteiger partial charge is 0.481 e. The summed E-state index contributed by atoms with van der Waals surface area (Å²) in [5.41, 5.74) is 13.6. The van der Waals surface area contributed by atoms with E-state index in [0.717, 1.165) is 0 Å². The number of anilines is 8. The Morgan fingerprint density at radius 3 is 0.836 bits per heavy atom. The van der Waals surface area contributed by atoms with Crippen molar-refractivity contribution >= 4 is 117 Å². The van der Waals surface area contributed by atoms with E-state index in [-0.39, 0.29) is 86.4 Å². The second-order valence-corrected chi connectivity index (χ2v) is 32.5. The van der Waals surface area contributed by atoms with Crippen LogP contribution in [0.5, 0.6) is 46.0 Å². The Morgan fingerprint density at radius 2 is 0.552 bits per heavy atom. The van der Waals surface area contributed by atoms with Gasteiger partial charge in [-0.2, -0.15) is 0 Å². The molecule has 12 rings (SSSR count). The van der Waals surface area contributed by atoms with Crippen molar-refractivity contribution in [2.75, 3.05) is 71.6 Å². The number of hydrogen-bond acceptors (Lipinski definition) is 30. The number of carboxylic acids is 2. The number of aromatic nitrogens is 8. The van der Waals surface area contributed by atoms with E-state index in [1.54, 1.807) is 172 Å². The lowest BCUT2D eigenvalue weighted by Gasteiger charge is -2.12. The van der Waals surface area contributed by atoms with E-state index in [2.05, 4.69) is 93.7 Å². The van der Waals surface area contributed by atoms with Gasteiger partial charge >= 0.3 is 11.9 Å². The van der Waals surface area contributed by atoms with Crippen LogP contribution in [0.3, 0.4) is 0 Å². The first-order valence-corrected chi connectivity index (χ1v) is 40.7. The maximum atomic E-state index is 12.3. The number of carbonyl (C=O) groups excluding carboxylic acids is 10. The lowest BCUT2D eigenvalue weighted by Crippen LogP contribution is -2.21. The third kappa shape index (κ3) is 36.1. The second-order valence-electron chi connectivity index (χ2n) is 32.5. The van der Waals surface area contributed by atoms with Crippen molar-refractivity contribution in [3.8, 4) is 46.0 Å². The van der Waals surface area contributed by atoms with Gasteiger partial charge in [-0.15, -0.1) is 0 Å². The number of ether oxygens (including phenoxy) is 4. The third-order valence-electron chi connectivity index (χ3n) is 17.0. The summed E-state index contributed by atoms with van der Waals surface area (Å²) in [6, 6.07) is 46.5. The van der Waals surface area contributed by atoms with Gasteiger partial charge in [0.1, 0.15) is 117 Å². The first-order chi connectivity index (χ1) is 63.2. The van der Waals surface area contributed by atoms with E-state index in [9.17, 15) is 57.5 Å². The molecule has 704 valence electrons. The third-order valence-corrected chi connectivity index (χ3v) is 17.0. The highest BCUT2D eigenvalue weighted by Gasteiger charge is 2.26. The molecule has 0 saturated carbocycles. The maximum Gasteiger partial charge on any atom is 0.312 e. The fourth-order valence-electron chi connectivity index (χ4n) is 10.3. The van der Waals surface area contributed by atoms with E-state index in [4.69, 9.17) is 58.7 Å². The minimum Gasteiger partial charge on any atom is -0.481 e. The molecule has 12 aromatic rings. The molecule has 10 amide bonds. The summed E-state index contributed by atoms with van der Waals surface area (Å²) < 4.78 is 43.1. The summed E-state index contributed by atoms with van der Waals surface area (Å²) in [6.45, 7) is 23.4. The Bertz CT molecular complexity index is 5980. The molecule has 0 spiro atoms. The monoisotopic (exact) mass is 1840 g/mol. The number of aliphatic carboxylic acids is 2. The van der Waals surface area contributed by atoms with Crippen LogP contribution in [0.2, 0.25) is 0 Å². The van der Waals surface area contributed by atoms with Crippen molar-refractivity contribution in [1.82, 2.24) is 61.8 Å². The minimum absolute atomic E-state index is 0.206. The summed E-state index contributed by atoms with van der Waals surface area (Å²) in [6.07, 6.45) is 4.03. The number of pyridine rings is 4. The molecule has 0 radical (unpaired) electrons. The molecule has 0 bridgehead atoms. The number of nitrogens with one attached hydrogen (secondary N) is 10. The van der Waals surface area contributed by atoms with Gasteiger partial charge in [0.2, 0.25) is 35.4 Å². The van der Waals surface area contributed by atoms with Crippen molar-refractivity contribution in [2.24, 2.45) is 0 Å². The molecule has 0 fully saturated rings. The molecule has 0 unspecified atom stereocenters. The number of carbonyl (C=O) groups is 12. The Labute approximate surface area is 768 Å². The Morgan fingerprint density at radius 1 is 0.291 bits per heavy atom. The number of nitrogens with two attached hydrogens (primary N) is 2. The molecular formula is C92H104N20O22. The number of nitrogens with zero attached hydrogens (tertiary/aromatic N) is 8. The molecule has 0 aliphatic carbocycles. The molecule has 8 heterocycles. The van der Waals surface area contributed by atoms with Gasteiger partial charge < -0.3 is 112 Å². The topological polar surface area (TPSA) is 610 Å². The van der Waals surface area contributed by atoms with Crippen molar-refractivity contribution in [3.05, 3.63) is 240 Å².